The first-order chi connectivity index (χ1) is 10.7. The third-order valence-corrected chi connectivity index (χ3v) is 3.61. The fourth-order valence-electron chi connectivity index (χ4n) is 2.47. The maximum absolute atomic E-state index is 13.2. The number of imidazole rings is 1. The van der Waals surface area contributed by atoms with Crippen molar-refractivity contribution in [1.29, 1.82) is 0 Å². The highest BCUT2D eigenvalue weighted by Crippen LogP contribution is 2.25. The Morgan fingerprint density at radius 3 is 2.41 bits per heavy atom. The minimum absolute atomic E-state index is 0.266. The van der Waals surface area contributed by atoms with Crippen molar-refractivity contribution in [3.63, 3.8) is 0 Å². The first-order valence-corrected chi connectivity index (χ1v) is 6.99. The van der Waals surface area contributed by atoms with Crippen LogP contribution in [0.2, 0.25) is 0 Å². The number of benzene rings is 2. The van der Waals surface area contributed by atoms with E-state index in [1.54, 1.807) is 26.4 Å². The topological polar surface area (TPSA) is 36.3 Å². The summed E-state index contributed by atoms with van der Waals surface area (Å²) in [5, 5.41) is 0. The van der Waals surface area contributed by atoms with Gasteiger partial charge >= 0.3 is 0 Å². The van der Waals surface area contributed by atoms with Crippen LogP contribution in [0.4, 0.5) is 4.39 Å². The lowest BCUT2D eigenvalue weighted by Crippen LogP contribution is -2.21. The molecular formula is C17H17FN2O2. The number of aromatic nitrogens is 2. The van der Waals surface area contributed by atoms with Gasteiger partial charge in [0, 0.05) is 19.8 Å². The van der Waals surface area contributed by atoms with Gasteiger partial charge in [-0.25, -0.2) is 9.37 Å². The third kappa shape index (κ3) is 2.73. The number of hydrogen-bond donors (Lipinski definition) is 0. The molecule has 5 heteroatoms. The van der Waals surface area contributed by atoms with Gasteiger partial charge in [-0.2, -0.15) is 0 Å². The number of halogens is 1. The molecule has 0 spiro atoms. The molecule has 0 aliphatic carbocycles. The Kier molecular flexibility index (Phi) is 4.18. The van der Waals surface area contributed by atoms with Crippen LogP contribution in [0.1, 0.15) is 0 Å². The zero-order valence-corrected chi connectivity index (χ0v) is 12.5. The lowest BCUT2D eigenvalue weighted by atomic mass is 10.2. The first-order valence-electron chi connectivity index (χ1n) is 6.99. The predicted octanol–water partition coefficient (Wildman–Crippen LogP) is 3.46. The zero-order valence-electron chi connectivity index (χ0n) is 12.5. The molecule has 0 N–H and O–H groups in total. The van der Waals surface area contributed by atoms with Gasteiger partial charge in [-0.3, -0.25) is 0 Å². The molecule has 0 unspecified atom stereocenters. The largest absolute Gasteiger partial charge is 0.354 e. The standard InChI is InChI=1S/C17H17FN2O2/c1-21-16(22-2)11-20-15-6-4-3-5-14(15)19-17(20)12-7-9-13(18)10-8-12/h3-10,16H,11H2,1-2H3. The van der Waals surface area contributed by atoms with E-state index >= 15 is 0 Å². The van der Waals surface area contributed by atoms with Crippen molar-refractivity contribution >= 4 is 11.0 Å². The molecule has 0 fully saturated rings. The molecule has 1 aromatic heterocycles. The van der Waals surface area contributed by atoms with Gasteiger partial charge in [0.15, 0.2) is 6.29 Å². The lowest BCUT2D eigenvalue weighted by molar-refractivity contribution is -0.110. The number of methoxy groups -OCH3 is 2. The van der Waals surface area contributed by atoms with Crippen LogP contribution in [0.5, 0.6) is 0 Å². The van der Waals surface area contributed by atoms with Crippen LogP contribution in [0.3, 0.4) is 0 Å². The highest BCUT2D eigenvalue weighted by molar-refractivity contribution is 5.80. The second-order valence-electron chi connectivity index (χ2n) is 4.94. The quantitative estimate of drug-likeness (QED) is 0.677. The van der Waals surface area contributed by atoms with Crippen LogP contribution < -0.4 is 0 Å². The van der Waals surface area contributed by atoms with E-state index in [4.69, 9.17) is 9.47 Å². The Bertz CT molecular complexity index is 764. The van der Waals surface area contributed by atoms with E-state index in [1.165, 1.54) is 12.1 Å². The van der Waals surface area contributed by atoms with Crippen LogP contribution in [0.15, 0.2) is 48.5 Å². The van der Waals surface area contributed by atoms with Gasteiger partial charge in [-0.05, 0) is 36.4 Å². The van der Waals surface area contributed by atoms with Crippen molar-refractivity contribution in [2.24, 2.45) is 0 Å². The van der Waals surface area contributed by atoms with E-state index < -0.39 is 0 Å². The smallest absolute Gasteiger partial charge is 0.174 e. The Labute approximate surface area is 128 Å². The van der Waals surface area contributed by atoms with E-state index in [1.807, 2.05) is 28.8 Å². The van der Waals surface area contributed by atoms with E-state index in [0.29, 0.717) is 6.54 Å². The third-order valence-electron chi connectivity index (χ3n) is 3.61. The van der Waals surface area contributed by atoms with Gasteiger partial charge in [0.2, 0.25) is 0 Å². The maximum Gasteiger partial charge on any atom is 0.174 e. The van der Waals surface area contributed by atoms with Crippen LogP contribution in [-0.4, -0.2) is 30.1 Å². The molecule has 0 aliphatic heterocycles. The number of para-hydroxylation sites is 2. The number of fused-ring (bicyclic) bond motifs is 1. The Morgan fingerprint density at radius 2 is 1.73 bits per heavy atom. The molecule has 4 nitrogen and oxygen atoms in total. The van der Waals surface area contributed by atoms with Crippen LogP contribution in [0.25, 0.3) is 22.4 Å². The van der Waals surface area contributed by atoms with Crippen molar-refractivity contribution in [3.05, 3.63) is 54.3 Å². The van der Waals surface area contributed by atoms with Crippen LogP contribution in [0, 0.1) is 5.82 Å². The molecule has 0 amide bonds. The van der Waals surface area contributed by atoms with Crippen molar-refractivity contribution in [2.75, 3.05) is 14.2 Å². The van der Waals surface area contributed by atoms with Gasteiger partial charge in [-0.1, -0.05) is 12.1 Å². The summed E-state index contributed by atoms with van der Waals surface area (Å²) in [6.07, 6.45) is -0.378. The predicted molar refractivity (Wildman–Crippen MR) is 82.9 cm³/mol. The molecule has 3 aromatic rings. The average molecular weight is 300 g/mol. The second kappa shape index (κ2) is 6.25. The summed E-state index contributed by atoms with van der Waals surface area (Å²) in [5.74, 6) is 0.498. The minimum atomic E-state index is -0.378. The highest BCUT2D eigenvalue weighted by Gasteiger charge is 2.16. The summed E-state index contributed by atoms with van der Waals surface area (Å²) in [6.45, 7) is 0.500. The summed E-state index contributed by atoms with van der Waals surface area (Å²) < 4.78 is 25.8. The highest BCUT2D eigenvalue weighted by atomic mass is 19.1. The fraction of sp³-hybridized carbons (Fsp3) is 0.235. The maximum atomic E-state index is 13.2. The number of nitrogens with zero attached hydrogens (tertiary/aromatic N) is 2. The molecule has 2 aromatic carbocycles. The summed E-state index contributed by atoms with van der Waals surface area (Å²) in [5.41, 5.74) is 2.72. The number of hydrogen-bond acceptors (Lipinski definition) is 3. The van der Waals surface area contributed by atoms with Gasteiger partial charge in [0.1, 0.15) is 11.6 Å². The molecule has 0 saturated carbocycles. The SMILES string of the molecule is COC(Cn1c(-c2ccc(F)cc2)nc2ccccc21)OC. The van der Waals surface area contributed by atoms with Gasteiger partial charge in [-0.15, -0.1) is 0 Å². The van der Waals surface area contributed by atoms with E-state index in [-0.39, 0.29) is 12.1 Å². The van der Waals surface area contributed by atoms with Gasteiger partial charge in [0.05, 0.1) is 17.6 Å². The zero-order chi connectivity index (χ0) is 15.5. The molecular weight excluding hydrogens is 283 g/mol. The Balaban J connectivity index is 2.13. The number of rotatable bonds is 5. The fourth-order valence-corrected chi connectivity index (χ4v) is 2.47. The van der Waals surface area contributed by atoms with E-state index in [9.17, 15) is 4.39 Å². The first kappa shape index (κ1) is 14.7. The number of ether oxygens (including phenoxy) is 2. The normalized spacial score (nSPS) is 11.5. The summed E-state index contributed by atoms with van der Waals surface area (Å²) >= 11 is 0. The lowest BCUT2D eigenvalue weighted by Gasteiger charge is -2.16. The molecule has 0 radical (unpaired) electrons. The van der Waals surface area contributed by atoms with Gasteiger partial charge < -0.3 is 14.0 Å². The molecule has 22 heavy (non-hydrogen) atoms. The molecule has 3 rings (SSSR count). The van der Waals surface area contributed by atoms with E-state index in [0.717, 1.165) is 22.4 Å². The molecule has 0 atom stereocenters. The summed E-state index contributed by atoms with van der Waals surface area (Å²) in [6, 6.07) is 14.2. The molecule has 0 bridgehead atoms. The van der Waals surface area contributed by atoms with Crippen molar-refractivity contribution in [1.82, 2.24) is 9.55 Å². The molecule has 1 heterocycles. The van der Waals surface area contributed by atoms with Crippen LogP contribution >= 0.6 is 0 Å². The summed E-state index contributed by atoms with van der Waals surface area (Å²) in [7, 11) is 3.20. The Morgan fingerprint density at radius 1 is 1.05 bits per heavy atom. The summed E-state index contributed by atoms with van der Waals surface area (Å²) in [4.78, 5) is 4.66. The van der Waals surface area contributed by atoms with E-state index in [2.05, 4.69) is 4.98 Å². The van der Waals surface area contributed by atoms with Crippen molar-refractivity contribution in [3.8, 4) is 11.4 Å². The van der Waals surface area contributed by atoms with Crippen molar-refractivity contribution < 1.29 is 13.9 Å². The second-order valence-corrected chi connectivity index (χ2v) is 4.94. The van der Waals surface area contributed by atoms with Gasteiger partial charge in [0.25, 0.3) is 0 Å². The molecule has 0 saturated heterocycles. The molecule has 114 valence electrons. The minimum Gasteiger partial charge on any atom is -0.354 e. The van der Waals surface area contributed by atoms with Crippen LogP contribution in [-0.2, 0) is 16.0 Å². The molecule has 0 aliphatic rings. The van der Waals surface area contributed by atoms with Crippen molar-refractivity contribution in [2.45, 2.75) is 12.8 Å². The Hall–Kier alpha value is -2.24. The monoisotopic (exact) mass is 300 g/mol. The average Bonchev–Trinajstić information content (AvgIpc) is 2.92.